The zero-order valence-corrected chi connectivity index (χ0v) is 14.1. The molecule has 7 nitrogen and oxygen atoms in total. The van der Waals surface area contributed by atoms with Crippen molar-refractivity contribution in [2.24, 2.45) is 0 Å². The van der Waals surface area contributed by atoms with Crippen molar-refractivity contribution in [3.05, 3.63) is 64.2 Å². The highest BCUT2D eigenvalue weighted by Crippen LogP contribution is 2.26. The molecule has 1 aliphatic heterocycles. The van der Waals surface area contributed by atoms with Crippen LogP contribution in [-0.2, 0) is 4.79 Å². The number of benzene rings is 2. The van der Waals surface area contributed by atoms with Crippen molar-refractivity contribution >= 4 is 41.0 Å². The van der Waals surface area contributed by atoms with E-state index in [0.717, 1.165) is 4.90 Å². The third-order valence-electron chi connectivity index (χ3n) is 3.89. The lowest BCUT2D eigenvalue weighted by Crippen LogP contribution is -2.34. The van der Waals surface area contributed by atoms with E-state index in [-0.39, 0.29) is 28.3 Å². The maximum atomic E-state index is 12.3. The number of fused-ring (bicyclic) bond motifs is 1. The number of carboxylic acids is 1. The fourth-order valence-electron chi connectivity index (χ4n) is 2.62. The van der Waals surface area contributed by atoms with Crippen molar-refractivity contribution in [3.63, 3.8) is 0 Å². The molecule has 0 atom stereocenters. The van der Waals surface area contributed by atoms with Gasteiger partial charge in [0.15, 0.2) is 0 Å². The Morgan fingerprint density at radius 1 is 1.04 bits per heavy atom. The van der Waals surface area contributed by atoms with Crippen LogP contribution in [0, 0.1) is 0 Å². The van der Waals surface area contributed by atoms with Crippen LogP contribution in [0.2, 0.25) is 5.02 Å². The lowest BCUT2D eigenvalue weighted by atomic mass is 10.1. The van der Waals surface area contributed by atoms with Gasteiger partial charge in [-0.1, -0.05) is 23.7 Å². The van der Waals surface area contributed by atoms with Crippen molar-refractivity contribution in [3.8, 4) is 0 Å². The Hall–Kier alpha value is -3.19. The van der Waals surface area contributed by atoms with Crippen LogP contribution in [0.5, 0.6) is 0 Å². The summed E-state index contributed by atoms with van der Waals surface area (Å²) < 4.78 is 0. The average molecular weight is 372 g/mol. The second-order valence-electron chi connectivity index (χ2n) is 5.58. The maximum Gasteiger partial charge on any atom is 0.261 e. The van der Waals surface area contributed by atoms with Gasteiger partial charge in [0.25, 0.3) is 17.7 Å². The Bertz CT molecular complexity index is 941. The van der Waals surface area contributed by atoms with Gasteiger partial charge in [0.1, 0.15) is 0 Å². The predicted molar refractivity (Wildman–Crippen MR) is 90.8 cm³/mol. The molecule has 26 heavy (non-hydrogen) atoms. The number of carbonyl (C=O) groups excluding carboxylic acids is 4. The van der Waals surface area contributed by atoms with Gasteiger partial charge in [0.2, 0.25) is 0 Å². The first-order valence-electron chi connectivity index (χ1n) is 7.64. The summed E-state index contributed by atoms with van der Waals surface area (Å²) in [5.74, 6) is -2.99. The Balaban J connectivity index is 1.82. The molecular weight excluding hydrogens is 360 g/mol. The molecule has 1 aliphatic rings. The number of carboxylic acid groups (broad SMARTS) is 1. The number of nitrogens with zero attached hydrogens (tertiary/aromatic N) is 1. The highest BCUT2D eigenvalue weighted by molar-refractivity contribution is 6.34. The molecule has 0 bridgehead atoms. The molecule has 132 valence electrons. The fourth-order valence-corrected chi connectivity index (χ4v) is 2.84. The number of amides is 3. The SMILES string of the molecule is O=C([O-])CCN1C(=O)c2ccc(NC(=O)c3ccccc3Cl)cc2C1=O. The molecule has 0 saturated heterocycles. The first kappa shape index (κ1) is 17.6. The van der Waals surface area contributed by atoms with E-state index >= 15 is 0 Å². The number of hydrogen-bond acceptors (Lipinski definition) is 5. The zero-order chi connectivity index (χ0) is 18.8. The summed E-state index contributed by atoms with van der Waals surface area (Å²) in [6.07, 6.45) is -0.443. The summed E-state index contributed by atoms with van der Waals surface area (Å²) in [6, 6.07) is 10.8. The zero-order valence-electron chi connectivity index (χ0n) is 13.3. The molecular formula is C18H12ClN2O5-. The minimum atomic E-state index is -1.35. The van der Waals surface area contributed by atoms with Crippen LogP contribution in [0.15, 0.2) is 42.5 Å². The standard InChI is InChI=1S/C18H13ClN2O5/c19-14-4-2-1-3-12(14)16(24)20-10-5-6-11-13(9-10)18(26)21(17(11)25)8-7-15(22)23/h1-6,9H,7-8H2,(H,20,24)(H,22,23)/p-1. The van der Waals surface area contributed by atoms with Gasteiger partial charge in [-0.3, -0.25) is 19.3 Å². The molecule has 8 heteroatoms. The lowest BCUT2D eigenvalue weighted by molar-refractivity contribution is -0.305. The summed E-state index contributed by atoms with van der Waals surface area (Å²) in [4.78, 5) is 48.2. The maximum absolute atomic E-state index is 12.3. The summed E-state index contributed by atoms with van der Waals surface area (Å²) in [5, 5.41) is 13.5. The first-order chi connectivity index (χ1) is 12.4. The molecule has 1 heterocycles. The van der Waals surface area contributed by atoms with Gasteiger partial charge in [-0.15, -0.1) is 0 Å². The predicted octanol–water partition coefficient (Wildman–Crippen LogP) is 1.33. The molecule has 0 unspecified atom stereocenters. The Morgan fingerprint density at radius 3 is 2.42 bits per heavy atom. The van der Waals surface area contributed by atoms with E-state index in [9.17, 15) is 24.3 Å². The normalized spacial score (nSPS) is 12.9. The van der Waals surface area contributed by atoms with Crippen LogP contribution < -0.4 is 10.4 Å². The molecule has 3 amide bonds. The largest absolute Gasteiger partial charge is 0.550 e. The van der Waals surface area contributed by atoms with Crippen LogP contribution in [-0.4, -0.2) is 35.1 Å². The molecule has 0 radical (unpaired) electrons. The number of halogens is 1. The molecule has 2 aromatic carbocycles. The third kappa shape index (κ3) is 3.29. The minimum absolute atomic E-state index is 0.102. The fraction of sp³-hybridized carbons (Fsp3) is 0.111. The highest BCUT2D eigenvalue weighted by atomic mass is 35.5. The van der Waals surface area contributed by atoms with E-state index in [1.807, 2.05) is 0 Å². The Labute approximate surface area is 153 Å². The molecule has 3 rings (SSSR count). The van der Waals surface area contributed by atoms with Crippen LogP contribution in [0.4, 0.5) is 5.69 Å². The Kier molecular flexibility index (Phi) is 4.73. The van der Waals surface area contributed by atoms with E-state index in [4.69, 9.17) is 11.6 Å². The summed E-state index contributed by atoms with van der Waals surface area (Å²) in [5.41, 5.74) is 0.846. The monoisotopic (exact) mass is 371 g/mol. The number of carbonyl (C=O) groups is 4. The molecule has 0 aliphatic carbocycles. The first-order valence-corrected chi connectivity index (χ1v) is 8.02. The van der Waals surface area contributed by atoms with Crippen molar-refractivity contribution in [2.45, 2.75) is 6.42 Å². The van der Waals surface area contributed by atoms with Crippen LogP contribution in [0.25, 0.3) is 0 Å². The van der Waals surface area contributed by atoms with Gasteiger partial charge in [-0.25, -0.2) is 0 Å². The van der Waals surface area contributed by atoms with Crippen molar-refractivity contribution < 1.29 is 24.3 Å². The molecule has 2 aromatic rings. The van der Waals surface area contributed by atoms with Gasteiger partial charge in [0, 0.05) is 24.6 Å². The number of anilines is 1. The smallest absolute Gasteiger partial charge is 0.261 e. The van der Waals surface area contributed by atoms with E-state index in [2.05, 4.69) is 5.32 Å². The second-order valence-corrected chi connectivity index (χ2v) is 5.99. The highest BCUT2D eigenvalue weighted by Gasteiger charge is 2.35. The lowest BCUT2D eigenvalue weighted by Gasteiger charge is -2.13. The van der Waals surface area contributed by atoms with Crippen LogP contribution >= 0.6 is 11.6 Å². The number of imide groups is 1. The van der Waals surface area contributed by atoms with Crippen molar-refractivity contribution in [1.29, 1.82) is 0 Å². The topological polar surface area (TPSA) is 107 Å². The van der Waals surface area contributed by atoms with Gasteiger partial charge >= 0.3 is 0 Å². The van der Waals surface area contributed by atoms with Gasteiger partial charge in [-0.05, 0) is 30.3 Å². The third-order valence-corrected chi connectivity index (χ3v) is 4.22. The van der Waals surface area contributed by atoms with Crippen molar-refractivity contribution in [1.82, 2.24) is 4.90 Å². The summed E-state index contributed by atoms with van der Waals surface area (Å²) in [7, 11) is 0. The minimum Gasteiger partial charge on any atom is -0.550 e. The van der Waals surface area contributed by atoms with E-state index < -0.39 is 30.1 Å². The average Bonchev–Trinajstić information content (AvgIpc) is 2.84. The number of hydrogen-bond donors (Lipinski definition) is 1. The second kappa shape index (κ2) is 6.97. The van der Waals surface area contributed by atoms with E-state index in [1.54, 1.807) is 24.3 Å². The van der Waals surface area contributed by atoms with Crippen molar-refractivity contribution in [2.75, 3.05) is 11.9 Å². The number of nitrogens with one attached hydrogen (secondary N) is 1. The summed E-state index contributed by atoms with van der Waals surface area (Å²) in [6.45, 7) is -0.268. The van der Waals surface area contributed by atoms with Gasteiger partial charge < -0.3 is 15.2 Å². The molecule has 1 N–H and O–H groups in total. The van der Waals surface area contributed by atoms with Crippen LogP contribution in [0.3, 0.4) is 0 Å². The molecule has 0 spiro atoms. The van der Waals surface area contributed by atoms with Gasteiger partial charge in [-0.2, -0.15) is 0 Å². The van der Waals surface area contributed by atoms with Crippen LogP contribution in [0.1, 0.15) is 37.5 Å². The molecule has 0 fully saturated rings. The van der Waals surface area contributed by atoms with E-state index in [0.29, 0.717) is 5.69 Å². The van der Waals surface area contributed by atoms with Gasteiger partial charge in [0.05, 0.1) is 21.7 Å². The molecule has 0 aromatic heterocycles. The van der Waals surface area contributed by atoms with E-state index in [1.165, 1.54) is 18.2 Å². The molecule has 0 saturated carbocycles. The quantitative estimate of drug-likeness (QED) is 0.798. The number of aliphatic carboxylic acids is 1. The summed E-state index contributed by atoms with van der Waals surface area (Å²) >= 11 is 5.98. The Morgan fingerprint density at radius 2 is 1.73 bits per heavy atom. The number of rotatable bonds is 5.